The summed E-state index contributed by atoms with van der Waals surface area (Å²) >= 11 is 0. The largest absolute Gasteiger partial charge is 0.496 e. The Kier molecular flexibility index (Phi) is 4.16. The number of aliphatic carboxylic acids is 1. The van der Waals surface area contributed by atoms with Crippen molar-refractivity contribution in [3.05, 3.63) is 59.2 Å². The van der Waals surface area contributed by atoms with E-state index < -0.39 is 5.97 Å². The van der Waals surface area contributed by atoms with Crippen molar-refractivity contribution in [1.82, 2.24) is 4.57 Å². The second-order valence-corrected chi connectivity index (χ2v) is 5.73. The molecule has 0 saturated carbocycles. The predicted molar refractivity (Wildman–Crippen MR) is 91.7 cm³/mol. The topological polar surface area (TPSA) is 71.7 Å². The second kappa shape index (κ2) is 6.28. The second-order valence-electron chi connectivity index (χ2n) is 5.73. The zero-order chi connectivity index (χ0) is 17.3. The Morgan fingerprint density at radius 1 is 1.12 bits per heavy atom. The number of carboxylic acids is 1. The minimum Gasteiger partial charge on any atom is -0.496 e. The molecule has 0 atom stereocenters. The number of aryl methyl sites for hydroxylation is 1. The van der Waals surface area contributed by atoms with Crippen LogP contribution in [0, 0.1) is 0 Å². The molecule has 3 rings (SSSR count). The Bertz CT molecular complexity index is 897. The molecule has 0 saturated heterocycles. The van der Waals surface area contributed by atoms with Gasteiger partial charge in [0.25, 0.3) is 0 Å². The van der Waals surface area contributed by atoms with Crippen molar-refractivity contribution >= 4 is 16.9 Å². The Balaban J connectivity index is 2.28. The lowest BCUT2D eigenvalue weighted by Crippen LogP contribution is -2.02. The van der Waals surface area contributed by atoms with Gasteiger partial charge in [-0.2, -0.15) is 0 Å². The summed E-state index contributed by atoms with van der Waals surface area (Å²) in [5.41, 5.74) is 3.18. The van der Waals surface area contributed by atoms with Crippen molar-refractivity contribution < 1.29 is 19.7 Å². The number of carboxylic acid groups (broad SMARTS) is 1. The number of hydrogen-bond donors (Lipinski definition) is 2. The SMILES string of the molecule is COc1ccc2c(c1Cc1ccccc1)c(CC(=O)O)c(O)n2C. The lowest BCUT2D eigenvalue weighted by Gasteiger charge is -2.12. The average molecular weight is 325 g/mol. The fourth-order valence-electron chi connectivity index (χ4n) is 3.15. The van der Waals surface area contributed by atoms with Gasteiger partial charge < -0.3 is 19.5 Å². The van der Waals surface area contributed by atoms with Gasteiger partial charge in [-0.1, -0.05) is 30.3 Å². The fraction of sp³-hybridized carbons (Fsp3) is 0.211. The molecule has 0 radical (unpaired) electrons. The third kappa shape index (κ3) is 2.69. The Hall–Kier alpha value is -2.95. The predicted octanol–water partition coefficient (Wildman–Crippen LogP) is 3.11. The van der Waals surface area contributed by atoms with E-state index in [4.69, 9.17) is 4.74 Å². The molecule has 0 fully saturated rings. The first kappa shape index (κ1) is 15.9. The molecule has 24 heavy (non-hydrogen) atoms. The maximum atomic E-state index is 11.2. The van der Waals surface area contributed by atoms with E-state index in [0.717, 1.165) is 22.0 Å². The van der Waals surface area contributed by atoms with Gasteiger partial charge in [-0.05, 0) is 17.7 Å². The molecule has 0 aliphatic carbocycles. The number of carbonyl (C=O) groups is 1. The van der Waals surface area contributed by atoms with Crippen molar-refractivity contribution in [2.45, 2.75) is 12.8 Å². The molecule has 0 bridgehead atoms. The minimum absolute atomic E-state index is 0.0186. The molecule has 0 amide bonds. The van der Waals surface area contributed by atoms with Gasteiger partial charge in [0.1, 0.15) is 5.75 Å². The summed E-state index contributed by atoms with van der Waals surface area (Å²) < 4.78 is 7.11. The molecule has 5 nitrogen and oxygen atoms in total. The van der Waals surface area contributed by atoms with Gasteiger partial charge >= 0.3 is 5.97 Å². The van der Waals surface area contributed by atoms with Crippen LogP contribution in [0.25, 0.3) is 10.9 Å². The quantitative estimate of drug-likeness (QED) is 0.756. The zero-order valence-electron chi connectivity index (χ0n) is 13.6. The molecule has 0 unspecified atom stereocenters. The van der Waals surface area contributed by atoms with Crippen molar-refractivity contribution in [1.29, 1.82) is 0 Å². The number of hydrogen-bond acceptors (Lipinski definition) is 3. The normalized spacial score (nSPS) is 10.9. The smallest absolute Gasteiger partial charge is 0.308 e. The van der Waals surface area contributed by atoms with Crippen LogP contribution in [0.4, 0.5) is 0 Å². The molecule has 2 N–H and O–H groups in total. The molecule has 5 heteroatoms. The van der Waals surface area contributed by atoms with Crippen LogP contribution < -0.4 is 4.74 Å². The molecular formula is C19H19NO4. The highest BCUT2D eigenvalue weighted by Gasteiger charge is 2.22. The fourth-order valence-corrected chi connectivity index (χ4v) is 3.15. The van der Waals surface area contributed by atoms with Gasteiger partial charge in [0, 0.05) is 30.0 Å². The van der Waals surface area contributed by atoms with E-state index >= 15 is 0 Å². The molecule has 124 valence electrons. The van der Waals surface area contributed by atoms with Crippen molar-refractivity contribution in [3.8, 4) is 11.6 Å². The number of aromatic nitrogens is 1. The monoisotopic (exact) mass is 325 g/mol. The van der Waals surface area contributed by atoms with Crippen LogP contribution >= 0.6 is 0 Å². The van der Waals surface area contributed by atoms with Gasteiger partial charge in [-0.3, -0.25) is 4.79 Å². The van der Waals surface area contributed by atoms with Gasteiger partial charge in [-0.15, -0.1) is 0 Å². The first-order chi connectivity index (χ1) is 11.5. The average Bonchev–Trinajstić information content (AvgIpc) is 2.81. The summed E-state index contributed by atoms with van der Waals surface area (Å²) in [6, 6.07) is 13.6. The number of benzene rings is 2. The minimum atomic E-state index is -0.980. The van der Waals surface area contributed by atoms with E-state index in [1.54, 1.807) is 18.7 Å². The van der Waals surface area contributed by atoms with Crippen LogP contribution in [0.1, 0.15) is 16.7 Å². The van der Waals surface area contributed by atoms with Crippen LogP contribution in [-0.4, -0.2) is 27.9 Å². The third-order valence-electron chi connectivity index (χ3n) is 4.27. The Morgan fingerprint density at radius 3 is 2.46 bits per heavy atom. The van der Waals surface area contributed by atoms with Crippen molar-refractivity contribution in [2.75, 3.05) is 7.11 Å². The molecule has 2 aromatic carbocycles. The number of rotatable bonds is 5. The summed E-state index contributed by atoms with van der Waals surface area (Å²) in [7, 11) is 3.32. The standard InChI is InChI=1S/C19H19NO4/c1-20-15-8-9-16(24-2)13(10-12-6-4-3-5-7-12)18(15)14(19(20)23)11-17(21)22/h3-9,23H,10-11H2,1-2H3,(H,21,22). The summed E-state index contributed by atoms with van der Waals surface area (Å²) in [4.78, 5) is 11.2. The van der Waals surface area contributed by atoms with E-state index in [1.807, 2.05) is 42.5 Å². The summed E-state index contributed by atoms with van der Waals surface area (Å²) in [5.74, 6) is -0.315. The highest BCUT2D eigenvalue weighted by atomic mass is 16.5. The van der Waals surface area contributed by atoms with Crippen LogP contribution in [-0.2, 0) is 24.7 Å². The van der Waals surface area contributed by atoms with Crippen LogP contribution in [0.2, 0.25) is 0 Å². The first-order valence-electron chi connectivity index (χ1n) is 7.64. The number of fused-ring (bicyclic) bond motifs is 1. The lowest BCUT2D eigenvalue weighted by molar-refractivity contribution is -0.136. The molecule has 3 aromatic rings. The van der Waals surface area contributed by atoms with E-state index in [9.17, 15) is 15.0 Å². The summed E-state index contributed by atoms with van der Waals surface area (Å²) in [5, 5.41) is 20.3. The molecule has 0 spiro atoms. The van der Waals surface area contributed by atoms with Gasteiger partial charge in [-0.25, -0.2) is 0 Å². The molecule has 1 aromatic heterocycles. The maximum Gasteiger partial charge on any atom is 0.308 e. The maximum absolute atomic E-state index is 11.2. The number of aromatic hydroxyl groups is 1. The zero-order valence-corrected chi connectivity index (χ0v) is 13.6. The van der Waals surface area contributed by atoms with E-state index in [1.165, 1.54) is 0 Å². The molecular weight excluding hydrogens is 306 g/mol. The van der Waals surface area contributed by atoms with Crippen molar-refractivity contribution in [2.24, 2.45) is 7.05 Å². The van der Waals surface area contributed by atoms with Gasteiger partial charge in [0.2, 0.25) is 0 Å². The van der Waals surface area contributed by atoms with E-state index in [-0.39, 0.29) is 12.3 Å². The lowest BCUT2D eigenvalue weighted by atomic mass is 9.97. The number of nitrogens with zero attached hydrogens (tertiary/aromatic N) is 1. The molecule has 1 heterocycles. The highest BCUT2D eigenvalue weighted by molar-refractivity contribution is 5.94. The summed E-state index contributed by atoms with van der Waals surface area (Å²) in [6.45, 7) is 0. The third-order valence-corrected chi connectivity index (χ3v) is 4.27. The van der Waals surface area contributed by atoms with Crippen LogP contribution in [0.5, 0.6) is 11.6 Å². The molecule has 0 aliphatic heterocycles. The van der Waals surface area contributed by atoms with Crippen molar-refractivity contribution in [3.63, 3.8) is 0 Å². The highest BCUT2D eigenvalue weighted by Crippen LogP contribution is 2.38. The van der Waals surface area contributed by atoms with E-state index in [2.05, 4.69) is 0 Å². The van der Waals surface area contributed by atoms with Gasteiger partial charge in [0.05, 0.1) is 19.0 Å². The Morgan fingerprint density at radius 2 is 1.83 bits per heavy atom. The van der Waals surface area contributed by atoms with Gasteiger partial charge in [0.15, 0.2) is 5.88 Å². The first-order valence-corrected chi connectivity index (χ1v) is 7.64. The van der Waals surface area contributed by atoms with E-state index in [0.29, 0.717) is 17.7 Å². The summed E-state index contributed by atoms with van der Waals surface area (Å²) in [6.07, 6.45) is 0.357. The number of ether oxygens (including phenoxy) is 1. The Labute approximate surface area is 139 Å². The number of methoxy groups -OCH3 is 1. The van der Waals surface area contributed by atoms with Crippen LogP contribution in [0.15, 0.2) is 42.5 Å². The van der Waals surface area contributed by atoms with Crippen LogP contribution in [0.3, 0.4) is 0 Å². The molecule has 0 aliphatic rings.